The fraction of sp³-hybridized carbons (Fsp3) is 0.944. The molecule has 5 nitrogen and oxygen atoms in total. The molecule has 23 heavy (non-hydrogen) atoms. The molecule has 3 fully saturated rings. The largest absolute Gasteiger partial charge is 0.381 e. The van der Waals surface area contributed by atoms with Crippen LogP contribution in [0, 0.1) is 17.8 Å². The van der Waals surface area contributed by atoms with Gasteiger partial charge in [0.15, 0.2) is 0 Å². The molecule has 2 N–H and O–H groups in total. The maximum Gasteiger partial charge on any atom is 0.315 e. The van der Waals surface area contributed by atoms with Gasteiger partial charge in [0, 0.05) is 31.7 Å². The van der Waals surface area contributed by atoms with Gasteiger partial charge >= 0.3 is 6.03 Å². The fourth-order valence-electron chi connectivity index (χ4n) is 4.02. The lowest BCUT2D eigenvalue weighted by molar-refractivity contribution is 0.0885. The molecule has 2 saturated carbocycles. The number of hydrogen-bond donors (Lipinski definition) is 2. The molecule has 1 aliphatic heterocycles. The molecule has 0 radical (unpaired) electrons. The second kappa shape index (κ2) is 8.88. The highest BCUT2D eigenvalue weighted by atomic mass is 16.5. The van der Waals surface area contributed by atoms with Gasteiger partial charge < -0.3 is 20.1 Å². The molecule has 0 aromatic carbocycles. The first-order valence-electron chi connectivity index (χ1n) is 9.53. The van der Waals surface area contributed by atoms with Crippen molar-refractivity contribution >= 4 is 6.03 Å². The summed E-state index contributed by atoms with van der Waals surface area (Å²) in [5.74, 6) is 2.18. The topological polar surface area (TPSA) is 59.6 Å². The minimum atomic E-state index is -0.00231. The average Bonchev–Trinajstić information content (AvgIpc) is 3.13. The van der Waals surface area contributed by atoms with Crippen molar-refractivity contribution in [3.05, 3.63) is 0 Å². The van der Waals surface area contributed by atoms with Crippen LogP contribution in [0.25, 0.3) is 0 Å². The number of ether oxygens (including phenoxy) is 2. The molecule has 1 heterocycles. The van der Waals surface area contributed by atoms with Crippen LogP contribution in [0.5, 0.6) is 0 Å². The zero-order valence-corrected chi connectivity index (χ0v) is 14.2. The number of carbonyl (C=O) groups excluding carboxylic acids is 1. The minimum Gasteiger partial charge on any atom is -0.381 e. The smallest absolute Gasteiger partial charge is 0.315 e. The molecular formula is C18H32N2O3. The van der Waals surface area contributed by atoms with Crippen LogP contribution >= 0.6 is 0 Å². The number of amides is 2. The molecular weight excluding hydrogens is 292 g/mol. The standard InChI is InChI=1S/C18H32N2O3/c21-18(19-8-4-9-22-12-14-7-10-23-13-14)20-17-11-16(17)15-5-2-1-3-6-15/h14-17H,1-13H2,(H2,19,20,21)/t14-,16+,17-/m0/s1. The minimum absolute atomic E-state index is 0.00231. The maximum absolute atomic E-state index is 11.9. The number of hydrogen-bond acceptors (Lipinski definition) is 3. The summed E-state index contributed by atoms with van der Waals surface area (Å²) < 4.78 is 11.0. The van der Waals surface area contributed by atoms with E-state index in [1.54, 1.807) is 0 Å². The van der Waals surface area contributed by atoms with E-state index in [4.69, 9.17) is 9.47 Å². The first kappa shape index (κ1) is 17.0. The first-order chi connectivity index (χ1) is 11.3. The van der Waals surface area contributed by atoms with Gasteiger partial charge in [-0.3, -0.25) is 0 Å². The highest BCUT2D eigenvalue weighted by Gasteiger charge is 2.43. The Balaban J connectivity index is 1.17. The Kier molecular flexibility index (Phi) is 6.57. The molecule has 1 saturated heterocycles. The van der Waals surface area contributed by atoms with Crippen molar-refractivity contribution in [3.8, 4) is 0 Å². The van der Waals surface area contributed by atoms with Crippen LogP contribution in [-0.2, 0) is 9.47 Å². The van der Waals surface area contributed by atoms with Gasteiger partial charge in [0.05, 0.1) is 13.2 Å². The van der Waals surface area contributed by atoms with Crippen LogP contribution in [-0.4, -0.2) is 45.0 Å². The summed E-state index contributed by atoms with van der Waals surface area (Å²) in [7, 11) is 0. The predicted octanol–water partition coefficient (Wildman–Crippen LogP) is 2.70. The lowest BCUT2D eigenvalue weighted by Gasteiger charge is -2.21. The zero-order chi connectivity index (χ0) is 15.9. The number of carbonyl (C=O) groups is 1. The van der Waals surface area contributed by atoms with Gasteiger partial charge in [-0.15, -0.1) is 0 Å². The Morgan fingerprint density at radius 3 is 2.83 bits per heavy atom. The molecule has 3 atom stereocenters. The van der Waals surface area contributed by atoms with E-state index in [1.807, 2.05) is 0 Å². The van der Waals surface area contributed by atoms with Gasteiger partial charge in [0.2, 0.25) is 0 Å². The Hall–Kier alpha value is -0.810. The van der Waals surface area contributed by atoms with Gasteiger partial charge in [-0.1, -0.05) is 32.1 Å². The van der Waals surface area contributed by atoms with Crippen molar-refractivity contribution in [3.63, 3.8) is 0 Å². The molecule has 3 aliphatic rings. The Labute approximate surface area is 139 Å². The second-order valence-corrected chi connectivity index (χ2v) is 7.46. The number of rotatable bonds is 8. The van der Waals surface area contributed by atoms with E-state index in [9.17, 15) is 4.79 Å². The van der Waals surface area contributed by atoms with Crippen LogP contribution < -0.4 is 10.6 Å². The third-order valence-corrected chi connectivity index (χ3v) is 5.54. The Bertz CT molecular complexity index is 365. The molecule has 2 amide bonds. The monoisotopic (exact) mass is 324 g/mol. The van der Waals surface area contributed by atoms with E-state index in [0.717, 1.165) is 44.5 Å². The van der Waals surface area contributed by atoms with Crippen LogP contribution in [0.2, 0.25) is 0 Å². The van der Waals surface area contributed by atoms with Gasteiger partial charge in [0.25, 0.3) is 0 Å². The zero-order valence-electron chi connectivity index (χ0n) is 14.2. The van der Waals surface area contributed by atoms with Crippen molar-refractivity contribution in [1.82, 2.24) is 10.6 Å². The predicted molar refractivity (Wildman–Crippen MR) is 89.4 cm³/mol. The summed E-state index contributed by atoms with van der Waals surface area (Å²) in [6.07, 6.45) is 10.1. The molecule has 2 aliphatic carbocycles. The normalized spacial score (nSPS) is 31.0. The quantitative estimate of drug-likeness (QED) is 0.675. The van der Waals surface area contributed by atoms with Crippen LogP contribution in [0.4, 0.5) is 4.79 Å². The molecule has 0 aromatic rings. The molecule has 0 bridgehead atoms. The van der Waals surface area contributed by atoms with Crippen LogP contribution in [0.1, 0.15) is 51.4 Å². The molecule has 3 rings (SSSR count). The summed E-state index contributed by atoms with van der Waals surface area (Å²) in [6.45, 7) is 3.90. The van der Waals surface area contributed by atoms with Crippen molar-refractivity contribution in [1.29, 1.82) is 0 Å². The van der Waals surface area contributed by atoms with Gasteiger partial charge in [-0.05, 0) is 31.1 Å². The van der Waals surface area contributed by atoms with Gasteiger partial charge in [-0.2, -0.15) is 0 Å². The molecule has 0 spiro atoms. The highest BCUT2D eigenvalue weighted by molar-refractivity contribution is 5.74. The summed E-state index contributed by atoms with van der Waals surface area (Å²) in [5, 5.41) is 6.08. The summed E-state index contributed by atoms with van der Waals surface area (Å²) in [4.78, 5) is 11.9. The van der Waals surface area contributed by atoms with E-state index in [0.29, 0.717) is 25.1 Å². The first-order valence-corrected chi connectivity index (χ1v) is 9.53. The molecule has 0 unspecified atom stereocenters. The van der Waals surface area contributed by atoms with Crippen molar-refractivity contribution in [2.75, 3.05) is 33.0 Å². The molecule has 0 aromatic heterocycles. The lowest BCUT2D eigenvalue weighted by Crippen LogP contribution is -2.38. The van der Waals surface area contributed by atoms with Crippen molar-refractivity contribution in [2.45, 2.75) is 57.4 Å². The van der Waals surface area contributed by atoms with E-state index >= 15 is 0 Å². The van der Waals surface area contributed by atoms with E-state index in [-0.39, 0.29) is 6.03 Å². The van der Waals surface area contributed by atoms with Gasteiger partial charge in [0.1, 0.15) is 0 Å². The summed E-state index contributed by atoms with van der Waals surface area (Å²) >= 11 is 0. The maximum atomic E-state index is 11.9. The van der Waals surface area contributed by atoms with E-state index in [1.165, 1.54) is 38.5 Å². The third kappa shape index (κ3) is 5.64. The average molecular weight is 324 g/mol. The van der Waals surface area contributed by atoms with Crippen LogP contribution in [0.15, 0.2) is 0 Å². The lowest BCUT2D eigenvalue weighted by atomic mass is 9.85. The van der Waals surface area contributed by atoms with Crippen molar-refractivity contribution < 1.29 is 14.3 Å². The SMILES string of the molecule is O=C(NCCCOC[C@@H]1CCOC1)N[C@H]1C[C@@H]1C1CCCCC1. The molecule has 132 valence electrons. The fourth-order valence-corrected chi connectivity index (χ4v) is 4.02. The van der Waals surface area contributed by atoms with Gasteiger partial charge in [-0.25, -0.2) is 4.79 Å². The van der Waals surface area contributed by atoms with Crippen LogP contribution in [0.3, 0.4) is 0 Å². The number of nitrogens with one attached hydrogen (secondary N) is 2. The molecule has 5 heteroatoms. The third-order valence-electron chi connectivity index (χ3n) is 5.54. The Morgan fingerprint density at radius 2 is 2.04 bits per heavy atom. The van der Waals surface area contributed by atoms with Crippen molar-refractivity contribution in [2.24, 2.45) is 17.8 Å². The number of urea groups is 1. The van der Waals surface area contributed by atoms with E-state index in [2.05, 4.69) is 10.6 Å². The van der Waals surface area contributed by atoms with E-state index < -0.39 is 0 Å². The summed E-state index contributed by atoms with van der Waals surface area (Å²) in [6, 6.07) is 0.425. The highest BCUT2D eigenvalue weighted by Crippen LogP contribution is 2.44. The second-order valence-electron chi connectivity index (χ2n) is 7.46. The summed E-state index contributed by atoms with van der Waals surface area (Å²) in [5.41, 5.74) is 0. The Morgan fingerprint density at radius 1 is 1.17 bits per heavy atom.